The first-order valence-electron chi connectivity index (χ1n) is 5.35. The van der Waals surface area contributed by atoms with Gasteiger partial charge in [0.15, 0.2) is 0 Å². The number of hydrogen-bond acceptors (Lipinski definition) is 3. The summed E-state index contributed by atoms with van der Waals surface area (Å²) in [6.07, 6.45) is 0. The van der Waals surface area contributed by atoms with Crippen molar-refractivity contribution in [1.29, 1.82) is 0 Å². The van der Waals surface area contributed by atoms with E-state index in [9.17, 15) is 4.79 Å². The Kier molecular flexibility index (Phi) is 3.23. The maximum absolute atomic E-state index is 10.9. The predicted octanol–water partition coefficient (Wildman–Crippen LogP) is 2.04. The number of allylic oxidation sites excluding steroid dienone is 1. The third-order valence-electron chi connectivity index (χ3n) is 3.52. The van der Waals surface area contributed by atoms with E-state index >= 15 is 0 Å². The molecule has 0 amide bonds. The molecule has 1 saturated heterocycles. The highest BCUT2D eigenvalue weighted by atomic mass is 16.7. The van der Waals surface area contributed by atoms with Gasteiger partial charge in [-0.15, -0.1) is 0 Å². The molecule has 16 heavy (non-hydrogen) atoms. The molecule has 4 nitrogen and oxygen atoms in total. The van der Waals surface area contributed by atoms with Crippen molar-refractivity contribution >= 4 is 13.1 Å². The number of carboxylic acids is 1. The molecular weight excluding hydrogens is 207 g/mol. The third kappa shape index (κ3) is 2.15. The van der Waals surface area contributed by atoms with Crippen LogP contribution in [0.15, 0.2) is 11.0 Å². The normalized spacial score (nSPS) is 24.2. The highest BCUT2D eigenvalue weighted by Gasteiger charge is 2.52. The lowest BCUT2D eigenvalue weighted by Gasteiger charge is -2.32. The minimum absolute atomic E-state index is 0.276. The number of rotatable bonds is 2. The summed E-state index contributed by atoms with van der Waals surface area (Å²) in [6, 6.07) is 0. The number of hydrogen-bond donors (Lipinski definition) is 1. The van der Waals surface area contributed by atoms with Crippen LogP contribution in [0.1, 0.15) is 41.5 Å². The Hall–Kier alpha value is -0.805. The number of aliphatic carboxylic acids is 1. The highest BCUT2D eigenvalue weighted by molar-refractivity contribution is 6.55. The van der Waals surface area contributed by atoms with Gasteiger partial charge < -0.3 is 14.4 Å². The summed E-state index contributed by atoms with van der Waals surface area (Å²) in [6.45, 7) is 11.0. The van der Waals surface area contributed by atoms with E-state index in [-0.39, 0.29) is 5.57 Å². The van der Waals surface area contributed by atoms with Crippen molar-refractivity contribution in [3.05, 3.63) is 11.0 Å². The van der Waals surface area contributed by atoms with Crippen LogP contribution in [-0.4, -0.2) is 29.4 Å². The molecule has 1 rings (SSSR count). The van der Waals surface area contributed by atoms with Crippen molar-refractivity contribution in [3.63, 3.8) is 0 Å². The lowest BCUT2D eigenvalue weighted by Crippen LogP contribution is -2.41. The van der Waals surface area contributed by atoms with Crippen molar-refractivity contribution in [1.82, 2.24) is 0 Å². The quantitative estimate of drug-likeness (QED) is 0.578. The Morgan fingerprint density at radius 2 is 1.44 bits per heavy atom. The minimum atomic E-state index is -0.938. The van der Waals surface area contributed by atoms with Gasteiger partial charge in [-0.2, -0.15) is 0 Å². The molecule has 5 heteroatoms. The highest BCUT2D eigenvalue weighted by Crippen LogP contribution is 2.38. The van der Waals surface area contributed by atoms with Crippen LogP contribution in [0.2, 0.25) is 0 Å². The molecule has 1 heterocycles. The molecule has 0 bridgehead atoms. The van der Waals surface area contributed by atoms with Gasteiger partial charge in [0.05, 0.1) is 11.2 Å². The van der Waals surface area contributed by atoms with Crippen molar-refractivity contribution in [2.45, 2.75) is 52.7 Å². The van der Waals surface area contributed by atoms with E-state index in [1.807, 2.05) is 27.7 Å². The molecule has 0 aromatic rings. The Bertz CT molecular complexity index is 328. The first-order valence-corrected chi connectivity index (χ1v) is 5.35. The molecule has 0 radical (unpaired) electrons. The first-order chi connectivity index (χ1) is 7.08. The van der Waals surface area contributed by atoms with Crippen molar-refractivity contribution in [2.75, 3.05) is 0 Å². The summed E-state index contributed by atoms with van der Waals surface area (Å²) in [7, 11) is -0.568. The summed E-state index contributed by atoms with van der Waals surface area (Å²) in [5, 5.41) is 8.90. The third-order valence-corrected chi connectivity index (χ3v) is 3.52. The average Bonchev–Trinajstić information content (AvgIpc) is 2.33. The Balaban J connectivity index is 2.97. The van der Waals surface area contributed by atoms with E-state index in [0.29, 0.717) is 5.47 Å². The van der Waals surface area contributed by atoms with Crippen LogP contribution in [-0.2, 0) is 14.1 Å². The summed E-state index contributed by atoms with van der Waals surface area (Å²) < 4.78 is 11.5. The van der Waals surface area contributed by atoms with Crippen LogP contribution in [0.3, 0.4) is 0 Å². The first kappa shape index (κ1) is 13.3. The second kappa shape index (κ2) is 3.89. The Labute approximate surface area is 96.8 Å². The SMILES string of the molecule is CC(B1OC(C)(C)C(C)(C)O1)=C(C)C(=O)O. The second-order valence-corrected chi connectivity index (χ2v) is 5.20. The van der Waals surface area contributed by atoms with Crippen LogP contribution < -0.4 is 0 Å². The Morgan fingerprint density at radius 3 is 1.75 bits per heavy atom. The van der Waals surface area contributed by atoms with E-state index in [2.05, 4.69) is 0 Å². The molecular formula is C11H19BO4. The van der Waals surface area contributed by atoms with Gasteiger partial charge in [-0.3, -0.25) is 0 Å². The van der Waals surface area contributed by atoms with Crippen LogP contribution in [0.4, 0.5) is 0 Å². The van der Waals surface area contributed by atoms with Crippen LogP contribution >= 0.6 is 0 Å². The minimum Gasteiger partial charge on any atom is -0.478 e. The molecule has 1 N–H and O–H groups in total. The lowest BCUT2D eigenvalue weighted by molar-refractivity contribution is -0.132. The van der Waals surface area contributed by atoms with Gasteiger partial charge in [0.1, 0.15) is 0 Å². The standard InChI is InChI=1S/C11H19BO4/c1-7(9(13)14)8(2)12-15-10(3,4)11(5,6)16-12/h1-6H3,(H,13,14). The lowest BCUT2D eigenvalue weighted by atomic mass is 9.76. The molecule has 0 aliphatic carbocycles. The second-order valence-electron chi connectivity index (χ2n) is 5.20. The fourth-order valence-electron chi connectivity index (χ4n) is 1.37. The Morgan fingerprint density at radius 1 is 1.06 bits per heavy atom. The molecule has 0 aromatic carbocycles. The van der Waals surface area contributed by atoms with Gasteiger partial charge in [-0.1, -0.05) is 0 Å². The van der Waals surface area contributed by atoms with Gasteiger partial charge in [0.25, 0.3) is 0 Å². The maximum Gasteiger partial charge on any atom is 0.490 e. The molecule has 1 aliphatic rings. The van der Waals surface area contributed by atoms with E-state index in [4.69, 9.17) is 14.4 Å². The molecule has 1 aliphatic heterocycles. The summed E-state index contributed by atoms with van der Waals surface area (Å²) in [5.41, 5.74) is 0.0275. The molecule has 0 saturated carbocycles. The molecule has 1 fully saturated rings. The largest absolute Gasteiger partial charge is 0.490 e. The molecule has 0 spiro atoms. The van der Waals surface area contributed by atoms with Gasteiger partial charge in [0, 0.05) is 5.57 Å². The molecule has 0 aromatic heterocycles. The molecule has 0 atom stereocenters. The fourth-order valence-corrected chi connectivity index (χ4v) is 1.37. The van der Waals surface area contributed by atoms with E-state index in [1.165, 1.54) is 0 Å². The average molecular weight is 226 g/mol. The van der Waals surface area contributed by atoms with Crippen LogP contribution in [0.25, 0.3) is 0 Å². The van der Waals surface area contributed by atoms with E-state index < -0.39 is 24.3 Å². The summed E-state index contributed by atoms with van der Waals surface area (Å²) in [4.78, 5) is 10.9. The predicted molar refractivity (Wildman–Crippen MR) is 62.1 cm³/mol. The molecule has 90 valence electrons. The van der Waals surface area contributed by atoms with Crippen LogP contribution in [0.5, 0.6) is 0 Å². The van der Waals surface area contributed by atoms with Gasteiger partial charge in [-0.25, -0.2) is 4.79 Å². The summed E-state index contributed by atoms with van der Waals surface area (Å²) >= 11 is 0. The van der Waals surface area contributed by atoms with E-state index in [0.717, 1.165) is 0 Å². The fraction of sp³-hybridized carbons (Fsp3) is 0.727. The van der Waals surface area contributed by atoms with E-state index in [1.54, 1.807) is 13.8 Å². The van der Waals surface area contributed by atoms with Gasteiger partial charge in [0.2, 0.25) is 0 Å². The monoisotopic (exact) mass is 226 g/mol. The zero-order valence-corrected chi connectivity index (χ0v) is 10.7. The van der Waals surface area contributed by atoms with Crippen LogP contribution in [0, 0.1) is 0 Å². The van der Waals surface area contributed by atoms with Crippen molar-refractivity contribution < 1.29 is 19.2 Å². The number of carbonyl (C=O) groups is 1. The molecule has 0 unspecified atom stereocenters. The topological polar surface area (TPSA) is 55.8 Å². The zero-order chi connectivity index (χ0) is 12.7. The smallest absolute Gasteiger partial charge is 0.478 e. The maximum atomic E-state index is 10.9. The zero-order valence-electron chi connectivity index (χ0n) is 10.7. The van der Waals surface area contributed by atoms with Crippen molar-refractivity contribution in [3.8, 4) is 0 Å². The van der Waals surface area contributed by atoms with Gasteiger partial charge in [-0.05, 0) is 47.0 Å². The summed E-state index contributed by atoms with van der Waals surface area (Å²) in [5.74, 6) is -0.938. The van der Waals surface area contributed by atoms with Gasteiger partial charge >= 0.3 is 13.1 Å². The van der Waals surface area contributed by atoms with Crippen molar-refractivity contribution in [2.24, 2.45) is 0 Å². The number of carboxylic acid groups (broad SMARTS) is 1.